The summed E-state index contributed by atoms with van der Waals surface area (Å²) in [4.78, 5) is 13.3. The Morgan fingerprint density at radius 1 is 0.971 bits per heavy atom. The van der Waals surface area contributed by atoms with E-state index in [0.717, 1.165) is 27.6 Å². The van der Waals surface area contributed by atoms with Crippen molar-refractivity contribution < 1.29 is 8.81 Å². The number of nitrogens with zero attached hydrogens (tertiary/aromatic N) is 3. The van der Waals surface area contributed by atoms with E-state index in [-0.39, 0.29) is 11.6 Å². The number of fused-ring (bicyclic) bond motifs is 1. The molecule has 3 N–H and O–H groups in total. The van der Waals surface area contributed by atoms with E-state index in [1.54, 1.807) is 18.7 Å². The summed E-state index contributed by atoms with van der Waals surface area (Å²) < 4.78 is 20.0. The van der Waals surface area contributed by atoms with Crippen molar-refractivity contribution in [2.75, 3.05) is 11.1 Å². The highest BCUT2D eigenvalue weighted by molar-refractivity contribution is 5.86. The Morgan fingerprint density at radius 3 is 2.65 bits per heavy atom. The first kappa shape index (κ1) is 21.6. The summed E-state index contributed by atoms with van der Waals surface area (Å²) in [6.07, 6.45) is 4.99. The van der Waals surface area contributed by atoms with Gasteiger partial charge in [0.2, 0.25) is 0 Å². The van der Waals surface area contributed by atoms with Crippen LogP contribution in [0.15, 0.2) is 71.6 Å². The van der Waals surface area contributed by atoms with Gasteiger partial charge in [0, 0.05) is 41.0 Å². The first-order valence-corrected chi connectivity index (χ1v) is 11.0. The lowest BCUT2D eigenvalue weighted by molar-refractivity contribution is 0.559. The smallest absolute Gasteiger partial charge is 0.169 e. The summed E-state index contributed by atoms with van der Waals surface area (Å²) in [5.74, 6) is 0.847. The molecular formula is C27H24FN5O. The Hall–Kier alpha value is -4.26. The van der Waals surface area contributed by atoms with Crippen LogP contribution in [0.4, 0.5) is 15.9 Å². The molecule has 5 aromatic rings. The molecule has 0 radical (unpaired) electrons. The number of nitrogen functional groups attached to an aromatic ring is 1. The summed E-state index contributed by atoms with van der Waals surface area (Å²) in [5.41, 5.74) is 12.0. The molecule has 0 aliphatic carbocycles. The van der Waals surface area contributed by atoms with Crippen molar-refractivity contribution in [1.82, 2.24) is 15.0 Å². The maximum Gasteiger partial charge on any atom is 0.169 e. The zero-order chi connectivity index (χ0) is 23.8. The number of hydrogen-bond donors (Lipinski definition) is 2. The first-order valence-electron chi connectivity index (χ1n) is 11.0. The van der Waals surface area contributed by atoms with Crippen molar-refractivity contribution in [1.29, 1.82) is 0 Å². The minimum absolute atomic E-state index is 0.0357. The maximum atomic E-state index is 14.6. The minimum atomic E-state index is -0.410. The highest BCUT2D eigenvalue weighted by Crippen LogP contribution is 2.31. The normalized spacial score (nSPS) is 12.1. The molecule has 0 bridgehead atoms. The molecule has 0 saturated heterocycles. The summed E-state index contributed by atoms with van der Waals surface area (Å²) >= 11 is 0. The number of nitrogens with one attached hydrogen (secondary N) is 1. The van der Waals surface area contributed by atoms with Crippen molar-refractivity contribution in [3.63, 3.8) is 0 Å². The molecule has 1 atom stereocenters. The average Bonchev–Trinajstić information content (AvgIpc) is 3.20. The number of halogens is 1. The molecule has 0 spiro atoms. The van der Waals surface area contributed by atoms with Crippen molar-refractivity contribution >= 4 is 22.5 Å². The van der Waals surface area contributed by atoms with Gasteiger partial charge in [0.1, 0.15) is 11.6 Å². The number of aromatic nitrogens is 3. The first-order chi connectivity index (χ1) is 16.4. The lowest BCUT2D eigenvalue weighted by atomic mass is 10.0. The molecule has 2 aromatic carbocycles. The number of aryl methyl sites for hydroxylation is 2. The monoisotopic (exact) mass is 453 g/mol. The lowest BCUT2D eigenvalue weighted by Gasteiger charge is -2.17. The lowest BCUT2D eigenvalue weighted by Crippen LogP contribution is -2.09. The van der Waals surface area contributed by atoms with E-state index in [0.29, 0.717) is 28.6 Å². The minimum Gasteiger partial charge on any atom is -0.461 e. The Morgan fingerprint density at radius 2 is 1.82 bits per heavy atom. The Kier molecular flexibility index (Phi) is 5.45. The van der Waals surface area contributed by atoms with Gasteiger partial charge < -0.3 is 15.5 Å². The fraction of sp³-hybridized carbons (Fsp3) is 0.148. The molecule has 0 aliphatic rings. The van der Waals surface area contributed by atoms with Gasteiger partial charge in [0.25, 0.3) is 0 Å². The molecule has 0 fully saturated rings. The third-order valence-corrected chi connectivity index (χ3v) is 5.80. The fourth-order valence-electron chi connectivity index (χ4n) is 4.06. The number of pyridine rings is 1. The van der Waals surface area contributed by atoms with Crippen LogP contribution >= 0.6 is 0 Å². The number of nitrogens with two attached hydrogens (primary N) is 1. The molecule has 170 valence electrons. The predicted octanol–water partition coefficient (Wildman–Crippen LogP) is 6.46. The van der Waals surface area contributed by atoms with E-state index in [1.807, 2.05) is 44.2 Å². The van der Waals surface area contributed by atoms with Crippen LogP contribution in [0.25, 0.3) is 33.4 Å². The zero-order valence-corrected chi connectivity index (χ0v) is 19.1. The molecule has 7 heteroatoms. The second-order valence-electron chi connectivity index (χ2n) is 8.44. The van der Waals surface area contributed by atoms with Crippen molar-refractivity contribution in [3.8, 4) is 22.4 Å². The fourth-order valence-corrected chi connectivity index (χ4v) is 4.06. The third kappa shape index (κ3) is 4.20. The van der Waals surface area contributed by atoms with Crippen molar-refractivity contribution in [2.45, 2.75) is 26.8 Å². The zero-order valence-electron chi connectivity index (χ0n) is 19.1. The standard InChI is InChI=1S/C27H24FN5O/c1-15-14-34-27-23(15)9-20(10-24(27)28)25-11-26(33-17(3)32-25)31-16(2)18-5-4-6-19(7-18)21-8-22(29)13-30-12-21/h4-14,16H,29H2,1-3H3,(H,31,32,33)/t16-/m0/s1. The van der Waals surface area contributed by atoms with E-state index in [4.69, 9.17) is 10.2 Å². The Balaban J connectivity index is 1.45. The van der Waals surface area contributed by atoms with Crippen LogP contribution in [-0.2, 0) is 0 Å². The van der Waals surface area contributed by atoms with Gasteiger partial charge in [-0.15, -0.1) is 0 Å². The highest BCUT2D eigenvalue weighted by Gasteiger charge is 2.14. The molecule has 0 aliphatic heterocycles. The summed E-state index contributed by atoms with van der Waals surface area (Å²) in [6, 6.07) is 15.3. The quantitative estimate of drug-likeness (QED) is 0.317. The van der Waals surface area contributed by atoms with E-state index in [1.165, 1.54) is 6.07 Å². The van der Waals surface area contributed by atoms with Crippen LogP contribution in [0.1, 0.15) is 29.9 Å². The largest absolute Gasteiger partial charge is 0.461 e. The average molecular weight is 454 g/mol. The van der Waals surface area contributed by atoms with E-state index < -0.39 is 5.82 Å². The van der Waals surface area contributed by atoms with Crippen LogP contribution in [0, 0.1) is 19.7 Å². The Labute approximate surface area is 196 Å². The summed E-state index contributed by atoms with van der Waals surface area (Å²) in [5, 5.41) is 4.19. The summed E-state index contributed by atoms with van der Waals surface area (Å²) in [7, 11) is 0. The maximum absolute atomic E-state index is 14.6. The van der Waals surface area contributed by atoms with Crippen LogP contribution < -0.4 is 11.1 Å². The van der Waals surface area contributed by atoms with Crippen LogP contribution in [-0.4, -0.2) is 15.0 Å². The molecule has 0 amide bonds. The van der Waals surface area contributed by atoms with Crippen molar-refractivity contribution in [3.05, 3.63) is 90.0 Å². The van der Waals surface area contributed by atoms with Crippen LogP contribution in [0.3, 0.4) is 0 Å². The number of benzene rings is 2. The van der Waals surface area contributed by atoms with Gasteiger partial charge in [-0.3, -0.25) is 4.98 Å². The van der Waals surface area contributed by atoms with Crippen molar-refractivity contribution in [2.24, 2.45) is 0 Å². The molecule has 6 nitrogen and oxygen atoms in total. The number of hydrogen-bond acceptors (Lipinski definition) is 6. The van der Waals surface area contributed by atoms with E-state index >= 15 is 0 Å². The third-order valence-electron chi connectivity index (χ3n) is 5.80. The second-order valence-corrected chi connectivity index (χ2v) is 8.44. The van der Waals surface area contributed by atoms with E-state index in [2.05, 4.69) is 39.3 Å². The molecule has 5 rings (SSSR count). The highest BCUT2D eigenvalue weighted by atomic mass is 19.1. The molecule has 34 heavy (non-hydrogen) atoms. The topological polar surface area (TPSA) is 89.9 Å². The number of rotatable bonds is 5. The molecule has 0 saturated carbocycles. The molecular weight excluding hydrogens is 429 g/mol. The van der Waals surface area contributed by atoms with Gasteiger partial charge >= 0.3 is 0 Å². The SMILES string of the molecule is Cc1nc(N[C@@H](C)c2cccc(-c3cncc(N)c3)c2)cc(-c2cc(F)c3occ(C)c3c2)n1. The summed E-state index contributed by atoms with van der Waals surface area (Å²) in [6.45, 7) is 5.78. The van der Waals surface area contributed by atoms with Gasteiger partial charge in [0.15, 0.2) is 11.4 Å². The number of furan rings is 1. The molecule has 3 aromatic heterocycles. The number of anilines is 2. The van der Waals surface area contributed by atoms with Crippen LogP contribution in [0.2, 0.25) is 0 Å². The van der Waals surface area contributed by atoms with Gasteiger partial charge in [-0.05, 0) is 61.7 Å². The van der Waals surface area contributed by atoms with Gasteiger partial charge in [-0.25, -0.2) is 14.4 Å². The van der Waals surface area contributed by atoms with Gasteiger partial charge in [0.05, 0.1) is 17.6 Å². The van der Waals surface area contributed by atoms with Gasteiger partial charge in [-0.1, -0.05) is 18.2 Å². The predicted molar refractivity (Wildman–Crippen MR) is 133 cm³/mol. The second kappa shape index (κ2) is 8.59. The van der Waals surface area contributed by atoms with Crippen LogP contribution in [0.5, 0.6) is 0 Å². The molecule has 3 heterocycles. The van der Waals surface area contributed by atoms with E-state index in [9.17, 15) is 4.39 Å². The Bertz CT molecular complexity index is 1510. The van der Waals surface area contributed by atoms with Gasteiger partial charge in [-0.2, -0.15) is 0 Å². The molecule has 0 unspecified atom stereocenters.